The molecule has 0 bridgehead atoms. The highest BCUT2D eigenvalue weighted by molar-refractivity contribution is 7.89. The maximum Gasteiger partial charge on any atom is 0.244 e. The van der Waals surface area contributed by atoms with E-state index in [2.05, 4.69) is 4.98 Å². The fourth-order valence-electron chi connectivity index (χ4n) is 2.32. The number of ether oxygens (including phenoxy) is 1. The van der Waals surface area contributed by atoms with Crippen LogP contribution in [0.2, 0.25) is 0 Å². The van der Waals surface area contributed by atoms with Gasteiger partial charge in [0.15, 0.2) is 0 Å². The fourth-order valence-corrected chi connectivity index (χ4v) is 3.96. The van der Waals surface area contributed by atoms with Gasteiger partial charge in [-0.15, -0.1) is 0 Å². The Bertz CT molecular complexity index is 513. The smallest absolute Gasteiger partial charge is 0.244 e. The van der Waals surface area contributed by atoms with Crippen LogP contribution in [0.25, 0.3) is 0 Å². The van der Waals surface area contributed by atoms with Gasteiger partial charge in [-0.2, -0.15) is 4.31 Å². The summed E-state index contributed by atoms with van der Waals surface area (Å²) in [7, 11) is -3.43. The van der Waals surface area contributed by atoms with Gasteiger partial charge >= 0.3 is 0 Å². The van der Waals surface area contributed by atoms with Gasteiger partial charge in [0.25, 0.3) is 0 Å². The van der Waals surface area contributed by atoms with Crippen LogP contribution in [0.1, 0.15) is 33.1 Å². The van der Waals surface area contributed by atoms with Gasteiger partial charge in [0.1, 0.15) is 4.90 Å². The second kappa shape index (κ2) is 5.88. The summed E-state index contributed by atoms with van der Waals surface area (Å²) in [6.07, 6.45) is 4.31. The van der Waals surface area contributed by atoms with Crippen molar-refractivity contribution in [1.29, 1.82) is 0 Å². The first-order chi connectivity index (χ1) is 9.05. The zero-order valence-corrected chi connectivity index (χ0v) is 12.2. The molecule has 0 aromatic carbocycles. The van der Waals surface area contributed by atoms with E-state index >= 15 is 0 Å². The Morgan fingerprint density at radius 1 is 1.42 bits per heavy atom. The van der Waals surface area contributed by atoms with Crippen molar-refractivity contribution in [2.75, 3.05) is 13.2 Å². The molecule has 2 rings (SSSR count). The molecule has 5 nitrogen and oxygen atoms in total. The highest BCUT2D eigenvalue weighted by Gasteiger charge is 2.31. The number of hydrogen-bond donors (Lipinski definition) is 0. The van der Waals surface area contributed by atoms with Crippen LogP contribution in [0.15, 0.2) is 23.2 Å². The van der Waals surface area contributed by atoms with Gasteiger partial charge in [-0.25, -0.2) is 13.4 Å². The van der Waals surface area contributed by atoms with E-state index in [1.165, 1.54) is 6.20 Å². The molecule has 1 atom stereocenters. The van der Waals surface area contributed by atoms with E-state index in [0.29, 0.717) is 19.0 Å². The molecule has 1 aliphatic rings. The van der Waals surface area contributed by atoms with E-state index < -0.39 is 10.0 Å². The Kier molecular flexibility index (Phi) is 4.42. The van der Waals surface area contributed by atoms with Crippen LogP contribution >= 0.6 is 0 Å². The molecular formula is C13H20N2O3S. The van der Waals surface area contributed by atoms with Crippen LogP contribution in [0.5, 0.6) is 5.88 Å². The van der Waals surface area contributed by atoms with Gasteiger partial charge in [0.05, 0.1) is 12.8 Å². The monoisotopic (exact) mass is 284 g/mol. The molecule has 1 aliphatic heterocycles. The van der Waals surface area contributed by atoms with E-state index in [1.807, 2.05) is 13.8 Å². The molecule has 0 aliphatic carbocycles. The summed E-state index contributed by atoms with van der Waals surface area (Å²) in [4.78, 5) is 4.27. The zero-order valence-electron chi connectivity index (χ0n) is 11.4. The van der Waals surface area contributed by atoms with E-state index in [1.54, 1.807) is 16.4 Å². The molecule has 0 saturated carbocycles. The van der Waals surface area contributed by atoms with E-state index in [-0.39, 0.29) is 10.9 Å². The van der Waals surface area contributed by atoms with Gasteiger partial charge in [-0.1, -0.05) is 6.42 Å². The highest BCUT2D eigenvalue weighted by atomic mass is 32.2. The average molecular weight is 284 g/mol. The quantitative estimate of drug-likeness (QED) is 0.849. The first-order valence-corrected chi connectivity index (χ1v) is 8.10. The molecular weight excluding hydrogens is 264 g/mol. The highest BCUT2D eigenvalue weighted by Crippen LogP contribution is 2.25. The van der Waals surface area contributed by atoms with Crippen LogP contribution in [0.3, 0.4) is 0 Å². The van der Waals surface area contributed by atoms with Crippen LogP contribution in [-0.4, -0.2) is 36.9 Å². The molecule has 19 heavy (non-hydrogen) atoms. The standard InChI is InChI=1S/C13H20N2O3S/c1-3-18-13-8-7-12(10-14-13)19(16,17)15-9-5-4-6-11(15)2/h7-8,10-11H,3-6,9H2,1-2H3/t11-/m0/s1. The Morgan fingerprint density at radius 2 is 2.21 bits per heavy atom. The van der Waals surface area contributed by atoms with Crippen LogP contribution in [-0.2, 0) is 10.0 Å². The minimum absolute atomic E-state index is 0.0605. The topological polar surface area (TPSA) is 59.5 Å². The lowest BCUT2D eigenvalue weighted by atomic mass is 10.1. The maximum atomic E-state index is 12.5. The third-order valence-electron chi connectivity index (χ3n) is 3.35. The summed E-state index contributed by atoms with van der Waals surface area (Å²) >= 11 is 0. The van der Waals surface area contributed by atoms with Gasteiger partial charge in [-0.3, -0.25) is 0 Å². The summed E-state index contributed by atoms with van der Waals surface area (Å²) in [5.74, 6) is 0.452. The molecule has 6 heteroatoms. The van der Waals surface area contributed by atoms with Crippen molar-refractivity contribution in [3.05, 3.63) is 18.3 Å². The maximum absolute atomic E-state index is 12.5. The summed E-state index contributed by atoms with van der Waals surface area (Å²) < 4.78 is 31.8. The molecule has 0 amide bonds. The van der Waals surface area contributed by atoms with Crippen LogP contribution < -0.4 is 4.74 Å². The minimum Gasteiger partial charge on any atom is -0.478 e. The molecule has 0 radical (unpaired) electrons. The van der Waals surface area contributed by atoms with Crippen molar-refractivity contribution in [3.8, 4) is 5.88 Å². The third kappa shape index (κ3) is 3.06. The van der Waals surface area contributed by atoms with Gasteiger partial charge in [0.2, 0.25) is 15.9 Å². The molecule has 1 fully saturated rings. The number of piperidine rings is 1. The summed E-state index contributed by atoms with van der Waals surface area (Å²) in [5.41, 5.74) is 0. The van der Waals surface area contributed by atoms with Crippen molar-refractivity contribution < 1.29 is 13.2 Å². The van der Waals surface area contributed by atoms with E-state index in [0.717, 1.165) is 19.3 Å². The number of pyridine rings is 1. The Hall–Kier alpha value is -1.14. The van der Waals surface area contributed by atoms with Crippen molar-refractivity contribution in [2.45, 2.75) is 44.0 Å². The zero-order chi connectivity index (χ0) is 13.9. The lowest BCUT2D eigenvalue weighted by molar-refractivity contribution is 0.268. The van der Waals surface area contributed by atoms with Gasteiger partial charge in [0, 0.05) is 18.7 Å². The van der Waals surface area contributed by atoms with Crippen molar-refractivity contribution in [1.82, 2.24) is 9.29 Å². The van der Waals surface area contributed by atoms with Crippen LogP contribution in [0.4, 0.5) is 0 Å². The molecule has 2 heterocycles. The van der Waals surface area contributed by atoms with Crippen molar-refractivity contribution >= 4 is 10.0 Å². The second-order valence-corrected chi connectivity index (χ2v) is 6.62. The van der Waals surface area contributed by atoms with Gasteiger partial charge < -0.3 is 4.74 Å². The number of hydrogen-bond acceptors (Lipinski definition) is 4. The van der Waals surface area contributed by atoms with Crippen molar-refractivity contribution in [2.24, 2.45) is 0 Å². The largest absolute Gasteiger partial charge is 0.478 e. The summed E-state index contributed by atoms with van der Waals surface area (Å²) in [6.45, 7) is 4.93. The summed E-state index contributed by atoms with van der Waals surface area (Å²) in [6, 6.07) is 3.23. The molecule has 1 aromatic rings. The molecule has 1 aromatic heterocycles. The minimum atomic E-state index is -3.43. The second-order valence-electron chi connectivity index (χ2n) is 4.73. The Balaban J connectivity index is 2.23. The third-order valence-corrected chi connectivity index (χ3v) is 5.35. The predicted molar refractivity (Wildman–Crippen MR) is 72.6 cm³/mol. The number of rotatable bonds is 4. The normalized spacial score (nSPS) is 21.3. The Morgan fingerprint density at radius 3 is 2.79 bits per heavy atom. The number of sulfonamides is 1. The first kappa shape index (κ1) is 14.3. The molecule has 0 spiro atoms. The summed E-state index contributed by atoms with van der Waals surface area (Å²) in [5, 5.41) is 0. The van der Waals surface area contributed by atoms with Crippen molar-refractivity contribution in [3.63, 3.8) is 0 Å². The van der Waals surface area contributed by atoms with E-state index in [4.69, 9.17) is 4.74 Å². The number of nitrogens with zero attached hydrogens (tertiary/aromatic N) is 2. The number of aromatic nitrogens is 1. The molecule has 0 N–H and O–H groups in total. The molecule has 1 saturated heterocycles. The lowest BCUT2D eigenvalue weighted by Gasteiger charge is -2.32. The SMILES string of the molecule is CCOc1ccc(S(=O)(=O)N2CCCC[C@@H]2C)cn1. The van der Waals surface area contributed by atoms with Gasteiger partial charge in [-0.05, 0) is 32.8 Å². The molecule has 106 valence electrons. The lowest BCUT2D eigenvalue weighted by Crippen LogP contribution is -2.41. The average Bonchev–Trinajstić information content (AvgIpc) is 2.40. The van der Waals surface area contributed by atoms with Crippen LogP contribution in [0, 0.1) is 0 Å². The fraction of sp³-hybridized carbons (Fsp3) is 0.615. The molecule has 0 unspecified atom stereocenters. The Labute approximate surface area is 114 Å². The predicted octanol–water partition coefficient (Wildman–Crippen LogP) is 2.04. The first-order valence-electron chi connectivity index (χ1n) is 6.66. The van der Waals surface area contributed by atoms with E-state index in [9.17, 15) is 8.42 Å².